The minimum absolute atomic E-state index is 0.0411. The van der Waals surface area contributed by atoms with E-state index in [0.717, 1.165) is 10.4 Å². The highest BCUT2D eigenvalue weighted by atomic mass is 28.4. The maximum absolute atomic E-state index is 9.59. The molecule has 0 saturated carbocycles. The Kier molecular flexibility index (Phi) is 5.40. The standard InChI is InChI=1S/C18H24O3Si/c1-14(2)20-22(21-15(3)4,17-8-6-5-7-9-17)18-12-10-16(19)11-13-18/h5-15,19H,1-4H3. The molecule has 2 aromatic carbocycles. The summed E-state index contributed by atoms with van der Waals surface area (Å²) in [4.78, 5) is 0. The Morgan fingerprint density at radius 1 is 0.727 bits per heavy atom. The molecule has 1 N–H and O–H groups in total. The van der Waals surface area contributed by atoms with Gasteiger partial charge in [0, 0.05) is 12.2 Å². The van der Waals surface area contributed by atoms with Crippen LogP contribution in [0, 0.1) is 0 Å². The molecule has 0 bridgehead atoms. The van der Waals surface area contributed by atoms with E-state index in [-0.39, 0.29) is 18.0 Å². The zero-order valence-corrected chi connectivity index (χ0v) is 14.6. The van der Waals surface area contributed by atoms with Crippen LogP contribution in [-0.4, -0.2) is 25.9 Å². The molecule has 118 valence electrons. The van der Waals surface area contributed by atoms with Crippen LogP contribution in [0.2, 0.25) is 0 Å². The van der Waals surface area contributed by atoms with Gasteiger partial charge in [-0.1, -0.05) is 42.5 Å². The molecule has 0 atom stereocenters. The summed E-state index contributed by atoms with van der Waals surface area (Å²) in [6.45, 7) is 8.09. The fourth-order valence-corrected chi connectivity index (χ4v) is 5.97. The number of hydrogen-bond donors (Lipinski definition) is 1. The van der Waals surface area contributed by atoms with E-state index in [1.54, 1.807) is 12.1 Å². The molecular formula is C18H24O3Si. The van der Waals surface area contributed by atoms with Gasteiger partial charge in [0.05, 0.1) is 0 Å². The van der Waals surface area contributed by atoms with Crippen molar-refractivity contribution in [3.63, 3.8) is 0 Å². The lowest BCUT2D eigenvalue weighted by Crippen LogP contribution is -2.65. The molecule has 2 aromatic rings. The van der Waals surface area contributed by atoms with Crippen LogP contribution in [0.15, 0.2) is 54.6 Å². The van der Waals surface area contributed by atoms with Crippen LogP contribution in [0.1, 0.15) is 27.7 Å². The average molecular weight is 316 g/mol. The average Bonchev–Trinajstić information content (AvgIpc) is 2.47. The molecular weight excluding hydrogens is 292 g/mol. The van der Waals surface area contributed by atoms with E-state index in [4.69, 9.17) is 8.85 Å². The van der Waals surface area contributed by atoms with Gasteiger partial charge in [0.1, 0.15) is 5.75 Å². The van der Waals surface area contributed by atoms with Gasteiger partial charge in [0.25, 0.3) is 0 Å². The first-order valence-electron chi connectivity index (χ1n) is 7.64. The number of aromatic hydroxyl groups is 1. The molecule has 3 nitrogen and oxygen atoms in total. The van der Waals surface area contributed by atoms with Crippen molar-refractivity contribution < 1.29 is 14.0 Å². The lowest BCUT2D eigenvalue weighted by Gasteiger charge is -2.34. The Balaban J connectivity index is 2.60. The van der Waals surface area contributed by atoms with Crippen molar-refractivity contribution in [1.82, 2.24) is 0 Å². The van der Waals surface area contributed by atoms with Gasteiger partial charge in [-0.25, -0.2) is 0 Å². The highest BCUT2D eigenvalue weighted by Crippen LogP contribution is 2.16. The maximum Gasteiger partial charge on any atom is 0.407 e. The van der Waals surface area contributed by atoms with Crippen molar-refractivity contribution in [2.45, 2.75) is 39.9 Å². The van der Waals surface area contributed by atoms with E-state index in [9.17, 15) is 5.11 Å². The van der Waals surface area contributed by atoms with Gasteiger partial charge in [0.15, 0.2) is 0 Å². The van der Waals surface area contributed by atoms with E-state index in [2.05, 4.69) is 12.1 Å². The smallest absolute Gasteiger partial charge is 0.407 e. The molecule has 2 rings (SSSR count). The molecule has 4 heteroatoms. The third-order valence-corrected chi connectivity index (χ3v) is 7.00. The highest BCUT2D eigenvalue weighted by Gasteiger charge is 2.44. The molecule has 0 aliphatic carbocycles. The number of benzene rings is 2. The Morgan fingerprint density at radius 3 is 1.64 bits per heavy atom. The van der Waals surface area contributed by atoms with E-state index < -0.39 is 8.56 Å². The molecule has 0 aliphatic heterocycles. The summed E-state index contributed by atoms with van der Waals surface area (Å²) in [5, 5.41) is 11.7. The predicted molar refractivity (Wildman–Crippen MR) is 92.0 cm³/mol. The number of phenols is 1. The zero-order valence-electron chi connectivity index (χ0n) is 13.6. The second-order valence-corrected chi connectivity index (χ2v) is 8.72. The third-order valence-electron chi connectivity index (χ3n) is 3.20. The van der Waals surface area contributed by atoms with Crippen molar-refractivity contribution >= 4 is 18.9 Å². The van der Waals surface area contributed by atoms with Crippen LogP contribution in [-0.2, 0) is 8.85 Å². The summed E-state index contributed by atoms with van der Waals surface area (Å²) >= 11 is 0. The van der Waals surface area contributed by atoms with E-state index in [1.165, 1.54) is 0 Å². The monoisotopic (exact) mass is 316 g/mol. The quantitative estimate of drug-likeness (QED) is 0.833. The van der Waals surface area contributed by atoms with Crippen molar-refractivity contribution in [2.75, 3.05) is 0 Å². The lowest BCUT2D eigenvalue weighted by atomic mass is 10.3. The summed E-state index contributed by atoms with van der Waals surface area (Å²) < 4.78 is 12.8. The summed E-state index contributed by atoms with van der Waals surface area (Å²) in [6.07, 6.45) is 0.0823. The van der Waals surface area contributed by atoms with E-state index in [0.29, 0.717) is 0 Å². The topological polar surface area (TPSA) is 38.7 Å². The van der Waals surface area contributed by atoms with E-state index in [1.807, 2.05) is 58.0 Å². The molecule has 22 heavy (non-hydrogen) atoms. The molecule has 0 unspecified atom stereocenters. The zero-order chi connectivity index (χ0) is 16.2. The van der Waals surface area contributed by atoms with E-state index >= 15 is 0 Å². The van der Waals surface area contributed by atoms with Crippen LogP contribution >= 0.6 is 0 Å². The first-order valence-corrected chi connectivity index (χ1v) is 9.46. The van der Waals surface area contributed by atoms with Gasteiger partial charge >= 0.3 is 8.56 Å². The molecule has 0 amide bonds. The lowest BCUT2D eigenvalue weighted by molar-refractivity contribution is 0.125. The van der Waals surface area contributed by atoms with Crippen molar-refractivity contribution in [3.05, 3.63) is 54.6 Å². The second-order valence-electron chi connectivity index (χ2n) is 5.86. The van der Waals surface area contributed by atoms with Gasteiger partial charge in [-0.3, -0.25) is 0 Å². The molecule has 0 fully saturated rings. The second kappa shape index (κ2) is 7.09. The summed E-state index contributed by atoms with van der Waals surface area (Å²) in [7, 11) is -2.81. The van der Waals surface area contributed by atoms with Crippen molar-refractivity contribution in [3.8, 4) is 5.75 Å². The van der Waals surface area contributed by atoms with Crippen LogP contribution in [0.4, 0.5) is 0 Å². The minimum atomic E-state index is -2.81. The highest BCUT2D eigenvalue weighted by molar-refractivity contribution is 6.92. The van der Waals surface area contributed by atoms with Crippen LogP contribution < -0.4 is 10.4 Å². The predicted octanol–water partition coefficient (Wildman–Crippen LogP) is 2.80. The largest absolute Gasteiger partial charge is 0.508 e. The summed E-state index contributed by atoms with van der Waals surface area (Å²) in [5.74, 6) is 0.244. The van der Waals surface area contributed by atoms with Gasteiger partial charge in [-0.05, 0) is 50.2 Å². The molecule has 0 saturated heterocycles. The SMILES string of the molecule is CC(C)O[Si](OC(C)C)(c1ccccc1)c1ccc(O)cc1. The number of rotatable bonds is 6. The number of phenolic OH excluding ortho intramolecular Hbond substituents is 1. The van der Waals surface area contributed by atoms with Crippen molar-refractivity contribution in [1.29, 1.82) is 0 Å². The van der Waals surface area contributed by atoms with Crippen LogP contribution in [0.3, 0.4) is 0 Å². The fraction of sp³-hybridized carbons (Fsp3) is 0.333. The first-order chi connectivity index (χ1) is 10.4. The Morgan fingerprint density at radius 2 is 1.18 bits per heavy atom. The minimum Gasteiger partial charge on any atom is -0.508 e. The maximum atomic E-state index is 9.59. The summed E-state index contributed by atoms with van der Waals surface area (Å²) in [5.41, 5.74) is 0. The van der Waals surface area contributed by atoms with Crippen LogP contribution in [0.5, 0.6) is 5.75 Å². The molecule has 0 aliphatic rings. The van der Waals surface area contributed by atoms with Crippen LogP contribution in [0.25, 0.3) is 0 Å². The molecule has 0 aromatic heterocycles. The van der Waals surface area contributed by atoms with Gasteiger partial charge in [-0.2, -0.15) is 0 Å². The summed E-state index contributed by atoms with van der Waals surface area (Å²) in [6, 6.07) is 17.3. The fourth-order valence-electron chi connectivity index (χ4n) is 2.47. The Hall–Kier alpha value is -1.62. The van der Waals surface area contributed by atoms with Gasteiger partial charge in [-0.15, -0.1) is 0 Å². The number of hydrogen-bond acceptors (Lipinski definition) is 3. The Bertz CT molecular complexity index is 569. The molecule has 0 radical (unpaired) electrons. The van der Waals surface area contributed by atoms with Gasteiger partial charge in [0.2, 0.25) is 0 Å². The molecule has 0 spiro atoms. The molecule has 0 heterocycles. The van der Waals surface area contributed by atoms with Crippen molar-refractivity contribution in [2.24, 2.45) is 0 Å². The Labute approximate surface area is 133 Å². The first kappa shape index (κ1) is 16.7. The normalized spacial score (nSPS) is 12.1. The third kappa shape index (κ3) is 3.77. The van der Waals surface area contributed by atoms with Gasteiger partial charge < -0.3 is 14.0 Å².